The first-order valence-electron chi connectivity index (χ1n) is 7.83. The number of rotatable bonds is 7. The molecule has 26 heavy (non-hydrogen) atoms. The van der Waals surface area contributed by atoms with E-state index in [1.807, 2.05) is 48.5 Å². The minimum Gasteiger partial charge on any atom is -0.369 e. The van der Waals surface area contributed by atoms with Crippen LogP contribution < -0.4 is 5.73 Å². The summed E-state index contributed by atoms with van der Waals surface area (Å²) in [6.45, 7) is 0. The summed E-state index contributed by atoms with van der Waals surface area (Å²) < 4.78 is 1.05. The molecule has 0 aliphatic heterocycles. The van der Waals surface area contributed by atoms with E-state index in [1.54, 1.807) is 11.8 Å². The van der Waals surface area contributed by atoms with Crippen molar-refractivity contribution >= 4 is 45.4 Å². The number of nitrogens with zero attached hydrogens (tertiary/aromatic N) is 2. The molecule has 1 heterocycles. The molecular formula is C19H16BrN3OS2. The first kappa shape index (κ1) is 18.9. The summed E-state index contributed by atoms with van der Waals surface area (Å²) in [5.74, 6) is 0.604. The monoisotopic (exact) mass is 445 g/mol. The van der Waals surface area contributed by atoms with Gasteiger partial charge in [0, 0.05) is 15.8 Å². The quantitative estimate of drug-likeness (QED) is 0.322. The molecule has 132 valence electrons. The molecule has 0 spiro atoms. The van der Waals surface area contributed by atoms with Gasteiger partial charge in [0.25, 0.3) is 0 Å². The van der Waals surface area contributed by atoms with Gasteiger partial charge in [-0.2, -0.15) is 0 Å². The second-order valence-corrected chi connectivity index (χ2v) is 8.26. The number of halogens is 1. The van der Waals surface area contributed by atoms with Crippen molar-refractivity contribution in [3.63, 3.8) is 0 Å². The van der Waals surface area contributed by atoms with Crippen LogP contribution in [0.2, 0.25) is 0 Å². The molecule has 0 aliphatic rings. The van der Waals surface area contributed by atoms with Gasteiger partial charge in [-0.15, -0.1) is 0 Å². The van der Waals surface area contributed by atoms with E-state index in [-0.39, 0.29) is 11.7 Å². The fourth-order valence-corrected chi connectivity index (χ4v) is 3.94. The molecule has 0 radical (unpaired) electrons. The van der Waals surface area contributed by atoms with Gasteiger partial charge in [0.05, 0.1) is 11.4 Å². The third-order valence-corrected chi connectivity index (χ3v) is 5.78. The Morgan fingerprint density at radius 2 is 1.73 bits per heavy atom. The molecular weight excluding hydrogens is 430 g/mol. The Morgan fingerprint density at radius 3 is 2.42 bits per heavy atom. The number of carbonyl (C=O) groups excluding carboxylic acids is 1. The van der Waals surface area contributed by atoms with E-state index in [9.17, 15) is 4.79 Å². The highest BCUT2D eigenvalue weighted by Crippen LogP contribution is 2.28. The zero-order valence-electron chi connectivity index (χ0n) is 13.8. The summed E-state index contributed by atoms with van der Waals surface area (Å²) in [6.07, 6.45) is 0. The molecule has 2 aromatic carbocycles. The molecule has 4 nitrogen and oxygen atoms in total. The van der Waals surface area contributed by atoms with Gasteiger partial charge in [-0.05, 0) is 23.8 Å². The molecule has 0 atom stereocenters. The number of nitrogens with two attached hydrogens (primary N) is 1. The molecule has 0 bridgehead atoms. The summed E-state index contributed by atoms with van der Waals surface area (Å²) in [4.78, 5) is 20.3. The van der Waals surface area contributed by atoms with Crippen molar-refractivity contribution in [2.75, 3.05) is 5.75 Å². The number of hydrogen-bond acceptors (Lipinski definition) is 5. The highest BCUT2D eigenvalue weighted by Gasteiger charge is 2.09. The second kappa shape index (κ2) is 9.21. The van der Waals surface area contributed by atoms with Gasteiger partial charge >= 0.3 is 0 Å². The number of hydrogen-bond donors (Lipinski definition) is 1. The lowest BCUT2D eigenvalue weighted by atomic mass is 10.1. The maximum Gasteiger partial charge on any atom is 0.227 e. The Balaban J connectivity index is 1.83. The van der Waals surface area contributed by atoms with Crippen molar-refractivity contribution in [2.24, 2.45) is 5.73 Å². The molecule has 1 aromatic heterocycles. The van der Waals surface area contributed by atoms with Crippen LogP contribution in [0.4, 0.5) is 0 Å². The third-order valence-electron chi connectivity index (χ3n) is 3.40. The fourth-order valence-electron chi connectivity index (χ4n) is 2.17. The zero-order valence-corrected chi connectivity index (χ0v) is 17.0. The van der Waals surface area contributed by atoms with E-state index < -0.39 is 0 Å². The number of aromatic nitrogens is 2. The maximum absolute atomic E-state index is 11.1. The maximum atomic E-state index is 11.1. The molecule has 2 N–H and O–H groups in total. The molecule has 3 aromatic rings. The predicted molar refractivity (Wildman–Crippen MR) is 111 cm³/mol. The topological polar surface area (TPSA) is 68.9 Å². The molecule has 0 saturated carbocycles. The van der Waals surface area contributed by atoms with Crippen LogP contribution in [0, 0.1) is 0 Å². The van der Waals surface area contributed by atoms with E-state index in [4.69, 9.17) is 5.73 Å². The Hall–Kier alpha value is -1.83. The van der Waals surface area contributed by atoms with Crippen molar-refractivity contribution in [3.05, 3.63) is 70.7 Å². The van der Waals surface area contributed by atoms with Crippen LogP contribution >= 0.6 is 39.5 Å². The van der Waals surface area contributed by atoms with E-state index in [1.165, 1.54) is 17.3 Å². The van der Waals surface area contributed by atoms with Crippen molar-refractivity contribution in [2.45, 2.75) is 15.9 Å². The van der Waals surface area contributed by atoms with Gasteiger partial charge in [-0.1, -0.05) is 81.9 Å². The largest absolute Gasteiger partial charge is 0.369 e. The van der Waals surface area contributed by atoms with Crippen molar-refractivity contribution in [1.82, 2.24) is 9.97 Å². The average Bonchev–Trinajstić information content (AvgIpc) is 2.66. The van der Waals surface area contributed by atoms with E-state index in [2.05, 4.69) is 38.0 Å². The van der Waals surface area contributed by atoms with E-state index in [0.717, 1.165) is 26.5 Å². The second-order valence-electron chi connectivity index (χ2n) is 5.41. The molecule has 7 heteroatoms. The summed E-state index contributed by atoms with van der Waals surface area (Å²) >= 11 is 6.34. The van der Waals surface area contributed by atoms with Crippen LogP contribution in [0.15, 0.2) is 75.3 Å². The van der Waals surface area contributed by atoms with Gasteiger partial charge < -0.3 is 5.73 Å². The van der Waals surface area contributed by atoms with Crippen LogP contribution in [-0.2, 0) is 10.5 Å². The lowest BCUT2D eigenvalue weighted by Gasteiger charge is -2.08. The molecule has 0 aliphatic carbocycles. The molecule has 0 unspecified atom stereocenters. The van der Waals surface area contributed by atoms with Gasteiger partial charge in [-0.25, -0.2) is 9.97 Å². The number of carbonyl (C=O) groups is 1. The van der Waals surface area contributed by atoms with Crippen molar-refractivity contribution < 1.29 is 4.79 Å². The third kappa shape index (κ3) is 5.59. The molecule has 0 saturated heterocycles. The number of primary amides is 1. The number of benzene rings is 2. The zero-order chi connectivity index (χ0) is 18.4. The average molecular weight is 446 g/mol. The van der Waals surface area contributed by atoms with E-state index in [0.29, 0.717) is 5.16 Å². The SMILES string of the molecule is NC(=O)CSc1cc(-c2ccccc2)nc(SCc2ccc(Br)cc2)n1. The Kier molecular flexibility index (Phi) is 6.71. The Morgan fingerprint density at radius 1 is 1.00 bits per heavy atom. The first-order valence-corrected chi connectivity index (χ1v) is 10.6. The summed E-state index contributed by atoms with van der Waals surface area (Å²) in [6, 6.07) is 20.0. The normalized spacial score (nSPS) is 10.7. The smallest absolute Gasteiger partial charge is 0.227 e. The Bertz CT molecular complexity index is 889. The van der Waals surface area contributed by atoms with Crippen LogP contribution in [0.3, 0.4) is 0 Å². The fraction of sp³-hybridized carbons (Fsp3) is 0.105. The van der Waals surface area contributed by atoms with Gasteiger partial charge in [0.1, 0.15) is 5.03 Å². The predicted octanol–water partition coefficient (Wildman–Crippen LogP) is 4.78. The standard InChI is InChI=1S/C19H16BrN3OS2/c20-15-8-6-13(7-9-15)11-26-19-22-16(14-4-2-1-3-5-14)10-18(23-19)25-12-17(21)24/h1-10H,11-12H2,(H2,21,24). The highest BCUT2D eigenvalue weighted by molar-refractivity contribution is 9.10. The van der Waals surface area contributed by atoms with E-state index >= 15 is 0 Å². The van der Waals surface area contributed by atoms with Crippen molar-refractivity contribution in [3.8, 4) is 11.3 Å². The van der Waals surface area contributed by atoms with Crippen LogP contribution in [0.25, 0.3) is 11.3 Å². The van der Waals surface area contributed by atoms with Crippen LogP contribution in [0.5, 0.6) is 0 Å². The van der Waals surface area contributed by atoms with Gasteiger partial charge in [0.15, 0.2) is 5.16 Å². The lowest BCUT2D eigenvalue weighted by Crippen LogP contribution is -2.13. The number of amides is 1. The van der Waals surface area contributed by atoms with Gasteiger partial charge in [-0.3, -0.25) is 4.79 Å². The van der Waals surface area contributed by atoms with Gasteiger partial charge in [0.2, 0.25) is 5.91 Å². The Labute approximate surface area is 169 Å². The summed E-state index contributed by atoms with van der Waals surface area (Å²) in [7, 11) is 0. The number of thioether (sulfide) groups is 2. The lowest BCUT2D eigenvalue weighted by molar-refractivity contribution is -0.115. The summed E-state index contributed by atoms with van der Waals surface area (Å²) in [5.41, 5.74) is 8.31. The summed E-state index contributed by atoms with van der Waals surface area (Å²) in [5, 5.41) is 1.43. The molecule has 0 fully saturated rings. The van der Waals surface area contributed by atoms with Crippen LogP contribution in [-0.4, -0.2) is 21.6 Å². The molecule has 3 rings (SSSR count). The minimum absolute atomic E-state index is 0.196. The highest BCUT2D eigenvalue weighted by atomic mass is 79.9. The van der Waals surface area contributed by atoms with Crippen molar-refractivity contribution in [1.29, 1.82) is 0 Å². The molecule has 1 amide bonds. The minimum atomic E-state index is -0.362. The van der Waals surface area contributed by atoms with Crippen LogP contribution in [0.1, 0.15) is 5.56 Å². The first-order chi connectivity index (χ1) is 12.6.